The number of hydrogen-bond acceptors (Lipinski definition) is 6. The van der Waals surface area contributed by atoms with E-state index in [-0.39, 0.29) is 42.2 Å². The maximum absolute atomic E-state index is 14.6. The van der Waals surface area contributed by atoms with Gasteiger partial charge in [0.25, 0.3) is 5.91 Å². The molecule has 1 heterocycles. The van der Waals surface area contributed by atoms with Crippen LogP contribution in [-0.4, -0.2) is 55.0 Å². The zero-order chi connectivity index (χ0) is 24.3. The minimum absolute atomic E-state index is 0.153. The second-order valence-electron chi connectivity index (χ2n) is 7.51. The lowest BCUT2D eigenvalue weighted by Crippen LogP contribution is -2.40. The van der Waals surface area contributed by atoms with Gasteiger partial charge in [-0.15, -0.1) is 0 Å². The molecule has 0 saturated carbocycles. The van der Waals surface area contributed by atoms with Gasteiger partial charge in [0.15, 0.2) is 0 Å². The van der Waals surface area contributed by atoms with Crippen molar-refractivity contribution in [2.45, 2.75) is 36.9 Å². The zero-order valence-corrected chi connectivity index (χ0v) is 19.0. The minimum atomic E-state index is -4.50. The molecule has 2 atom stereocenters. The highest BCUT2D eigenvalue weighted by Crippen LogP contribution is 2.26. The largest absolute Gasteiger partial charge is 0.461 e. The van der Waals surface area contributed by atoms with Gasteiger partial charge in [-0.3, -0.25) is 9.59 Å². The molecule has 2 aromatic rings. The number of carbonyl (C=O) groups is 2. The summed E-state index contributed by atoms with van der Waals surface area (Å²) in [6.07, 6.45) is -1.43. The second-order valence-corrected chi connectivity index (χ2v) is 9.83. The van der Waals surface area contributed by atoms with Gasteiger partial charge in [0.05, 0.1) is 17.7 Å². The van der Waals surface area contributed by atoms with Crippen LogP contribution in [0.15, 0.2) is 41.3 Å². The van der Waals surface area contributed by atoms with Gasteiger partial charge in [-0.25, -0.2) is 17.2 Å². The van der Waals surface area contributed by atoms with Crippen LogP contribution in [0.2, 0.25) is 5.02 Å². The molecule has 1 aliphatic heterocycles. The predicted octanol–water partition coefficient (Wildman–Crippen LogP) is 2.95. The van der Waals surface area contributed by atoms with E-state index in [0.717, 1.165) is 28.6 Å². The first kappa shape index (κ1) is 25.0. The second kappa shape index (κ2) is 10.1. The van der Waals surface area contributed by atoms with E-state index in [1.807, 2.05) is 0 Å². The van der Waals surface area contributed by atoms with E-state index in [4.69, 9.17) is 16.3 Å². The van der Waals surface area contributed by atoms with Crippen LogP contribution in [0.25, 0.3) is 0 Å². The Morgan fingerprint density at radius 1 is 1.12 bits per heavy atom. The fraction of sp³-hybridized carbons (Fsp3) is 0.333. The molecule has 1 saturated heterocycles. The van der Waals surface area contributed by atoms with Crippen LogP contribution >= 0.6 is 11.6 Å². The number of nitrogens with zero attached hydrogens (tertiary/aromatic N) is 1. The average molecular weight is 503 g/mol. The number of esters is 1. The third-order valence-corrected chi connectivity index (χ3v) is 7.10. The molecule has 0 radical (unpaired) electrons. The van der Waals surface area contributed by atoms with Gasteiger partial charge in [-0.1, -0.05) is 11.6 Å². The number of aliphatic hydroxyl groups is 1. The van der Waals surface area contributed by atoms with Crippen molar-refractivity contribution >= 4 is 39.2 Å². The van der Waals surface area contributed by atoms with Crippen LogP contribution in [0.1, 0.15) is 30.1 Å². The van der Waals surface area contributed by atoms with Gasteiger partial charge in [0, 0.05) is 24.7 Å². The SMILES string of the molecule is CC(=O)OC1CC[C@H](O)CN(S(=O)(=O)c2cc(C(=O)Nc3ccc(F)c(Cl)c3)ccc2F)C1. The van der Waals surface area contributed by atoms with Crippen LogP contribution in [0.5, 0.6) is 0 Å². The molecule has 1 unspecified atom stereocenters. The first-order valence-electron chi connectivity index (χ1n) is 9.88. The Morgan fingerprint density at radius 3 is 2.48 bits per heavy atom. The number of halogens is 3. The molecule has 3 rings (SSSR count). The van der Waals surface area contributed by atoms with Crippen molar-refractivity contribution in [2.75, 3.05) is 18.4 Å². The van der Waals surface area contributed by atoms with Crippen molar-refractivity contribution in [2.24, 2.45) is 0 Å². The van der Waals surface area contributed by atoms with E-state index in [0.29, 0.717) is 0 Å². The molecule has 2 N–H and O–H groups in total. The molecule has 0 aromatic heterocycles. The van der Waals surface area contributed by atoms with Crippen molar-refractivity contribution in [3.8, 4) is 0 Å². The van der Waals surface area contributed by atoms with Crippen LogP contribution < -0.4 is 5.32 Å². The Bertz CT molecular complexity index is 1180. The Morgan fingerprint density at radius 2 is 1.82 bits per heavy atom. The summed E-state index contributed by atoms with van der Waals surface area (Å²) in [4.78, 5) is 23.1. The summed E-state index contributed by atoms with van der Waals surface area (Å²) in [6, 6.07) is 6.26. The van der Waals surface area contributed by atoms with Gasteiger partial charge in [0.2, 0.25) is 10.0 Å². The van der Waals surface area contributed by atoms with Crippen LogP contribution in [0, 0.1) is 11.6 Å². The van der Waals surface area contributed by atoms with E-state index < -0.39 is 50.6 Å². The van der Waals surface area contributed by atoms with Gasteiger partial charge >= 0.3 is 5.97 Å². The molecule has 2 aromatic carbocycles. The molecule has 1 fully saturated rings. The van der Waals surface area contributed by atoms with Crippen LogP contribution in [-0.2, 0) is 19.6 Å². The Hall–Kier alpha value is -2.60. The number of sulfonamides is 1. The molecule has 8 nitrogen and oxygen atoms in total. The van der Waals surface area contributed by atoms with E-state index in [1.54, 1.807) is 0 Å². The molecule has 0 spiro atoms. The van der Waals surface area contributed by atoms with Gasteiger partial charge in [-0.05, 0) is 49.2 Å². The number of rotatable bonds is 5. The van der Waals surface area contributed by atoms with E-state index >= 15 is 0 Å². The first-order valence-corrected chi connectivity index (χ1v) is 11.7. The molecule has 1 aliphatic rings. The monoisotopic (exact) mass is 502 g/mol. The molecule has 0 bridgehead atoms. The third-order valence-electron chi connectivity index (χ3n) is 4.96. The fourth-order valence-corrected chi connectivity index (χ4v) is 5.16. The number of β-amino-alcohol motifs (C(OH)–C–C–N with tert-alkyl or cyclic N) is 1. The molecule has 33 heavy (non-hydrogen) atoms. The standard InChI is InChI=1S/C21H21ClF2N2O6S/c1-12(27)32-16-5-4-15(28)10-26(11-16)33(30,31)20-8-13(2-6-19(20)24)21(29)25-14-3-7-18(23)17(22)9-14/h2-3,6-9,15-16,28H,4-5,10-11H2,1H3,(H,25,29)/t15-,16?/m0/s1. The van der Waals surface area contributed by atoms with E-state index in [9.17, 15) is 31.9 Å². The number of carbonyl (C=O) groups excluding carboxylic acids is 2. The summed E-state index contributed by atoms with van der Waals surface area (Å²) in [5.74, 6) is -3.17. The highest BCUT2D eigenvalue weighted by atomic mass is 35.5. The number of amides is 1. The molecular formula is C21H21ClF2N2O6S. The summed E-state index contributed by atoms with van der Waals surface area (Å²) in [6.45, 7) is 0.573. The summed E-state index contributed by atoms with van der Waals surface area (Å²) >= 11 is 5.69. The van der Waals surface area contributed by atoms with Crippen LogP contribution in [0.3, 0.4) is 0 Å². The lowest BCUT2D eigenvalue weighted by molar-refractivity contribution is -0.146. The molecule has 178 valence electrons. The quantitative estimate of drug-likeness (QED) is 0.608. The number of nitrogens with one attached hydrogen (secondary N) is 1. The van der Waals surface area contributed by atoms with Crippen molar-refractivity contribution < 1.29 is 36.6 Å². The van der Waals surface area contributed by atoms with Gasteiger partial charge in [-0.2, -0.15) is 4.31 Å². The van der Waals surface area contributed by atoms with Gasteiger partial charge < -0.3 is 15.2 Å². The maximum Gasteiger partial charge on any atom is 0.302 e. The number of benzene rings is 2. The lowest BCUT2D eigenvalue weighted by Gasteiger charge is -2.24. The fourth-order valence-electron chi connectivity index (χ4n) is 3.38. The average Bonchev–Trinajstić information content (AvgIpc) is 2.92. The number of ether oxygens (including phenoxy) is 1. The normalized spacial score (nSPS) is 19.5. The zero-order valence-electron chi connectivity index (χ0n) is 17.4. The van der Waals surface area contributed by atoms with Crippen molar-refractivity contribution in [3.05, 3.63) is 58.6 Å². The summed E-state index contributed by atoms with van der Waals surface area (Å²) < 4.78 is 60.2. The lowest BCUT2D eigenvalue weighted by atomic mass is 10.1. The molecule has 0 aliphatic carbocycles. The minimum Gasteiger partial charge on any atom is -0.461 e. The Labute approximate surface area is 194 Å². The predicted molar refractivity (Wildman–Crippen MR) is 115 cm³/mol. The molecule has 12 heteroatoms. The maximum atomic E-state index is 14.6. The Kier molecular flexibility index (Phi) is 7.68. The number of anilines is 1. The van der Waals surface area contributed by atoms with Crippen molar-refractivity contribution in [1.29, 1.82) is 0 Å². The van der Waals surface area contributed by atoms with E-state index in [1.165, 1.54) is 19.1 Å². The van der Waals surface area contributed by atoms with Crippen molar-refractivity contribution in [1.82, 2.24) is 4.31 Å². The highest BCUT2D eigenvalue weighted by Gasteiger charge is 2.35. The first-order chi connectivity index (χ1) is 15.5. The molecular weight excluding hydrogens is 482 g/mol. The highest BCUT2D eigenvalue weighted by molar-refractivity contribution is 7.89. The third kappa shape index (κ3) is 6.05. The Balaban J connectivity index is 1.89. The number of hydrogen-bond donors (Lipinski definition) is 2. The topological polar surface area (TPSA) is 113 Å². The summed E-state index contributed by atoms with van der Waals surface area (Å²) in [5, 5.41) is 12.3. The smallest absolute Gasteiger partial charge is 0.302 e. The van der Waals surface area contributed by atoms with Gasteiger partial charge in [0.1, 0.15) is 22.6 Å². The van der Waals surface area contributed by atoms with Crippen molar-refractivity contribution in [3.63, 3.8) is 0 Å². The summed E-state index contributed by atoms with van der Waals surface area (Å²) in [5.41, 5.74) is -0.0256. The summed E-state index contributed by atoms with van der Waals surface area (Å²) in [7, 11) is -4.50. The molecule has 1 amide bonds. The number of aliphatic hydroxyl groups excluding tert-OH is 1. The van der Waals surface area contributed by atoms with Crippen LogP contribution in [0.4, 0.5) is 14.5 Å². The van der Waals surface area contributed by atoms with E-state index in [2.05, 4.69) is 5.32 Å².